The van der Waals surface area contributed by atoms with E-state index in [1.807, 2.05) is 42.5 Å². The number of carbonyl (C=O) groups excluding carboxylic acids is 1. The molecule has 0 unspecified atom stereocenters. The third-order valence-electron chi connectivity index (χ3n) is 5.55. The highest BCUT2D eigenvalue weighted by Crippen LogP contribution is 2.36. The van der Waals surface area contributed by atoms with E-state index in [0.717, 1.165) is 20.1 Å². The molecular weight excluding hydrogens is 510 g/mol. The van der Waals surface area contributed by atoms with Crippen LogP contribution in [0.1, 0.15) is 11.7 Å². The van der Waals surface area contributed by atoms with Gasteiger partial charge in [-0.25, -0.2) is 13.4 Å². The number of thiazole rings is 1. The number of hydrogen-bond donors (Lipinski definition) is 0. The lowest BCUT2D eigenvalue weighted by molar-refractivity contribution is -0.130. The van der Waals surface area contributed by atoms with Crippen LogP contribution in [-0.4, -0.2) is 47.4 Å². The summed E-state index contributed by atoms with van der Waals surface area (Å²) < 4.78 is 30.1. The van der Waals surface area contributed by atoms with Gasteiger partial charge < -0.3 is 4.90 Å². The molecule has 2 heterocycles. The lowest BCUT2D eigenvalue weighted by Crippen LogP contribution is -2.38. The summed E-state index contributed by atoms with van der Waals surface area (Å²) in [5.41, 5.74) is 1.56. The van der Waals surface area contributed by atoms with E-state index >= 15 is 0 Å². The van der Waals surface area contributed by atoms with Gasteiger partial charge in [-0.2, -0.15) is 4.31 Å². The van der Waals surface area contributed by atoms with Gasteiger partial charge in [0.15, 0.2) is 4.34 Å². The molecule has 0 N–H and O–H groups in total. The molecule has 1 aromatic heterocycles. The average Bonchev–Trinajstić information content (AvgIpc) is 3.48. The van der Waals surface area contributed by atoms with Gasteiger partial charge in [0.05, 0.1) is 20.9 Å². The van der Waals surface area contributed by atoms with Crippen LogP contribution in [0.25, 0.3) is 10.2 Å². The number of thioether (sulfide) groups is 1. The van der Waals surface area contributed by atoms with E-state index in [-0.39, 0.29) is 23.1 Å². The van der Waals surface area contributed by atoms with Gasteiger partial charge in [-0.05, 0) is 35.9 Å². The standard InChI is InChI=1S/C24H20ClN3O3S3/c25-18-11-12-21-20(15-18)26-24(33-21)32-16-22(29)27-13-14-28(23(27)17-7-3-1-4-8-17)34(30,31)19-9-5-2-6-10-19/h1-12,15,23H,13-14,16H2/t23-/m0/s1. The Labute approximate surface area is 211 Å². The van der Waals surface area contributed by atoms with Crippen molar-refractivity contribution in [1.82, 2.24) is 14.2 Å². The molecule has 0 aliphatic carbocycles. The predicted octanol–water partition coefficient (Wildman–Crippen LogP) is 5.27. The first kappa shape index (κ1) is 23.3. The molecule has 3 aromatic carbocycles. The first-order valence-corrected chi connectivity index (χ1v) is 14.2. The lowest BCUT2D eigenvalue weighted by Gasteiger charge is -2.30. The van der Waals surface area contributed by atoms with E-state index in [2.05, 4.69) is 4.98 Å². The van der Waals surface area contributed by atoms with Crippen LogP contribution >= 0.6 is 34.7 Å². The smallest absolute Gasteiger partial charge is 0.245 e. The molecule has 174 valence electrons. The molecule has 5 rings (SSSR count). The summed E-state index contributed by atoms with van der Waals surface area (Å²) in [5.74, 6) is 0.0257. The van der Waals surface area contributed by atoms with Crippen molar-refractivity contribution in [2.24, 2.45) is 0 Å². The van der Waals surface area contributed by atoms with E-state index < -0.39 is 16.2 Å². The minimum Gasteiger partial charge on any atom is -0.320 e. The second-order valence-corrected chi connectivity index (χ2v) is 12.3. The Balaban J connectivity index is 1.40. The number of rotatable bonds is 6. The molecule has 0 radical (unpaired) electrons. The molecule has 1 aliphatic heterocycles. The molecule has 1 fully saturated rings. The molecule has 1 amide bonds. The number of halogens is 1. The molecule has 4 aromatic rings. The second kappa shape index (κ2) is 9.67. The number of sulfonamides is 1. The molecule has 1 aliphatic rings. The van der Waals surface area contributed by atoms with Crippen molar-refractivity contribution in [2.45, 2.75) is 15.4 Å². The fourth-order valence-corrected chi connectivity index (χ4v) is 7.66. The third kappa shape index (κ3) is 4.58. The van der Waals surface area contributed by atoms with E-state index in [9.17, 15) is 13.2 Å². The van der Waals surface area contributed by atoms with E-state index in [0.29, 0.717) is 11.6 Å². The maximum Gasteiger partial charge on any atom is 0.245 e. The van der Waals surface area contributed by atoms with Crippen molar-refractivity contribution in [2.75, 3.05) is 18.8 Å². The maximum atomic E-state index is 13.5. The molecule has 0 saturated carbocycles. The van der Waals surface area contributed by atoms with Gasteiger partial charge in [-0.15, -0.1) is 11.3 Å². The van der Waals surface area contributed by atoms with Crippen LogP contribution < -0.4 is 0 Å². The maximum absolute atomic E-state index is 13.5. The van der Waals surface area contributed by atoms with Gasteiger partial charge >= 0.3 is 0 Å². The highest BCUT2D eigenvalue weighted by Gasteiger charge is 2.43. The zero-order valence-electron chi connectivity index (χ0n) is 17.9. The van der Waals surface area contributed by atoms with Gasteiger partial charge in [0.2, 0.25) is 15.9 Å². The Morgan fingerprint density at radius 3 is 2.47 bits per heavy atom. The highest BCUT2D eigenvalue weighted by atomic mass is 35.5. The number of carbonyl (C=O) groups is 1. The highest BCUT2D eigenvalue weighted by molar-refractivity contribution is 8.01. The summed E-state index contributed by atoms with van der Waals surface area (Å²) in [4.78, 5) is 19.7. The summed E-state index contributed by atoms with van der Waals surface area (Å²) in [5, 5.41) is 0.618. The molecule has 10 heteroatoms. The van der Waals surface area contributed by atoms with E-state index in [1.54, 1.807) is 41.3 Å². The van der Waals surface area contributed by atoms with Crippen molar-refractivity contribution < 1.29 is 13.2 Å². The SMILES string of the molecule is O=C(CSc1nc2cc(Cl)ccc2s1)N1CCN(S(=O)(=O)c2ccccc2)[C@H]1c1ccccc1. The van der Waals surface area contributed by atoms with E-state index in [4.69, 9.17) is 11.6 Å². The summed E-state index contributed by atoms with van der Waals surface area (Å²) in [7, 11) is -3.78. The fraction of sp³-hybridized carbons (Fsp3) is 0.167. The van der Waals surface area contributed by atoms with Crippen molar-refractivity contribution in [1.29, 1.82) is 0 Å². The monoisotopic (exact) mass is 529 g/mol. The van der Waals surface area contributed by atoms with Crippen LogP contribution in [0.3, 0.4) is 0 Å². The van der Waals surface area contributed by atoms with Crippen LogP contribution in [0, 0.1) is 0 Å². The molecule has 0 spiro atoms. The summed E-state index contributed by atoms with van der Waals surface area (Å²) in [6.07, 6.45) is -0.700. The Hall–Kier alpha value is -2.43. The summed E-state index contributed by atoms with van der Waals surface area (Å²) in [6.45, 7) is 0.549. The van der Waals surface area contributed by atoms with Gasteiger partial charge in [0.1, 0.15) is 6.17 Å². The minimum atomic E-state index is -3.78. The zero-order valence-corrected chi connectivity index (χ0v) is 21.1. The number of fused-ring (bicyclic) bond motifs is 1. The summed E-state index contributed by atoms with van der Waals surface area (Å²) in [6, 6.07) is 23.2. The number of benzene rings is 3. The number of aromatic nitrogens is 1. The predicted molar refractivity (Wildman–Crippen MR) is 137 cm³/mol. The molecule has 34 heavy (non-hydrogen) atoms. The molecule has 0 bridgehead atoms. The van der Waals surface area contributed by atoms with Gasteiger partial charge in [0, 0.05) is 18.1 Å². The van der Waals surface area contributed by atoms with Crippen LogP contribution in [0.4, 0.5) is 0 Å². The van der Waals surface area contributed by atoms with Crippen molar-refractivity contribution in [3.63, 3.8) is 0 Å². The average molecular weight is 530 g/mol. The topological polar surface area (TPSA) is 70.6 Å². The van der Waals surface area contributed by atoms with Crippen LogP contribution in [0.2, 0.25) is 5.02 Å². The second-order valence-electron chi connectivity index (χ2n) is 7.68. The quantitative estimate of drug-likeness (QED) is 0.318. The number of hydrogen-bond acceptors (Lipinski definition) is 6. The van der Waals surface area contributed by atoms with Crippen molar-refractivity contribution in [3.8, 4) is 0 Å². The minimum absolute atomic E-state index is 0.137. The molecule has 1 saturated heterocycles. The Morgan fingerprint density at radius 1 is 1.03 bits per heavy atom. The molecule has 1 atom stereocenters. The van der Waals surface area contributed by atoms with Crippen LogP contribution in [0.5, 0.6) is 0 Å². The van der Waals surface area contributed by atoms with Gasteiger partial charge in [0.25, 0.3) is 0 Å². The first-order chi connectivity index (χ1) is 16.4. The lowest BCUT2D eigenvalue weighted by atomic mass is 10.1. The number of nitrogens with zero attached hydrogens (tertiary/aromatic N) is 3. The Kier molecular flexibility index (Phi) is 6.63. The van der Waals surface area contributed by atoms with Crippen LogP contribution in [-0.2, 0) is 14.8 Å². The van der Waals surface area contributed by atoms with Gasteiger partial charge in [-0.1, -0.05) is 71.9 Å². The third-order valence-corrected chi connectivity index (χ3v) is 9.81. The number of amides is 1. The Morgan fingerprint density at radius 2 is 1.74 bits per heavy atom. The summed E-state index contributed by atoms with van der Waals surface area (Å²) >= 11 is 8.91. The molecule has 6 nitrogen and oxygen atoms in total. The fourth-order valence-electron chi connectivity index (χ4n) is 3.97. The Bertz CT molecular complexity index is 1430. The first-order valence-electron chi connectivity index (χ1n) is 10.5. The van der Waals surface area contributed by atoms with Crippen molar-refractivity contribution >= 4 is 60.8 Å². The van der Waals surface area contributed by atoms with Crippen LogP contribution in [0.15, 0.2) is 88.1 Å². The largest absolute Gasteiger partial charge is 0.320 e. The van der Waals surface area contributed by atoms with Crippen molar-refractivity contribution in [3.05, 3.63) is 89.4 Å². The molecular formula is C24H20ClN3O3S3. The van der Waals surface area contributed by atoms with Gasteiger partial charge in [-0.3, -0.25) is 4.79 Å². The van der Waals surface area contributed by atoms with E-state index in [1.165, 1.54) is 27.4 Å². The normalized spacial score (nSPS) is 16.9. The zero-order chi connectivity index (χ0) is 23.7.